The van der Waals surface area contributed by atoms with Crippen molar-refractivity contribution in [3.63, 3.8) is 0 Å². The molecule has 0 aliphatic rings. The standard InChI is InChI=1S/C12H20N2O2/c1-9(7-12(15)14(3)4)13-10(2)11-5-6-16-8-11/h5-6,8-10,13H,7H2,1-4H3. The predicted molar refractivity (Wildman–Crippen MR) is 63.0 cm³/mol. The summed E-state index contributed by atoms with van der Waals surface area (Å²) in [4.78, 5) is 13.1. The first-order chi connectivity index (χ1) is 7.50. The van der Waals surface area contributed by atoms with Gasteiger partial charge in [0.25, 0.3) is 0 Å². The van der Waals surface area contributed by atoms with E-state index in [1.807, 2.05) is 13.0 Å². The Morgan fingerprint density at radius 1 is 1.50 bits per heavy atom. The van der Waals surface area contributed by atoms with Crippen LogP contribution in [0.4, 0.5) is 0 Å². The van der Waals surface area contributed by atoms with E-state index in [1.54, 1.807) is 31.5 Å². The molecule has 0 bridgehead atoms. The maximum absolute atomic E-state index is 11.5. The van der Waals surface area contributed by atoms with Crippen molar-refractivity contribution in [1.82, 2.24) is 10.2 Å². The van der Waals surface area contributed by atoms with Crippen LogP contribution >= 0.6 is 0 Å². The summed E-state index contributed by atoms with van der Waals surface area (Å²) in [6.07, 6.45) is 3.89. The highest BCUT2D eigenvalue weighted by atomic mass is 16.3. The van der Waals surface area contributed by atoms with Crippen LogP contribution in [0.1, 0.15) is 31.9 Å². The first-order valence-corrected chi connectivity index (χ1v) is 5.49. The highest BCUT2D eigenvalue weighted by molar-refractivity contribution is 5.76. The monoisotopic (exact) mass is 224 g/mol. The Morgan fingerprint density at radius 3 is 2.69 bits per heavy atom. The number of nitrogens with one attached hydrogen (secondary N) is 1. The van der Waals surface area contributed by atoms with Crippen molar-refractivity contribution in [2.75, 3.05) is 14.1 Å². The topological polar surface area (TPSA) is 45.5 Å². The van der Waals surface area contributed by atoms with E-state index in [1.165, 1.54) is 0 Å². The molecular weight excluding hydrogens is 204 g/mol. The van der Waals surface area contributed by atoms with Crippen LogP contribution in [0.3, 0.4) is 0 Å². The summed E-state index contributed by atoms with van der Waals surface area (Å²) >= 11 is 0. The van der Waals surface area contributed by atoms with Gasteiger partial charge in [0.15, 0.2) is 0 Å². The molecule has 0 aliphatic heterocycles. The SMILES string of the molecule is CC(CC(=O)N(C)C)NC(C)c1ccoc1. The molecule has 0 fully saturated rings. The molecule has 90 valence electrons. The fourth-order valence-electron chi connectivity index (χ4n) is 1.55. The summed E-state index contributed by atoms with van der Waals surface area (Å²) in [7, 11) is 3.54. The van der Waals surface area contributed by atoms with Crippen LogP contribution in [0.25, 0.3) is 0 Å². The Balaban J connectivity index is 2.40. The van der Waals surface area contributed by atoms with Gasteiger partial charge in [0, 0.05) is 38.2 Å². The van der Waals surface area contributed by atoms with Gasteiger partial charge in [-0.2, -0.15) is 0 Å². The molecule has 0 aliphatic carbocycles. The lowest BCUT2D eigenvalue weighted by atomic mass is 10.1. The first-order valence-electron chi connectivity index (χ1n) is 5.49. The van der Waals surface area contributed by atoms with Gasteiger partial charge in [0.1, 0.15) is 0 Å². The molecule has 1 rings (SSSR count). The first kappa shape index (κ1) is 12.8. The largest absolute Gasteiger partial charge is 0.472 e. The van der Waals surface area contributed by atoms with Crippen LogP contribution in [0, 0.1) is 0 Å². The number of amides is 1. The normalized spacial score (nSPS) is 14.5. The van der Waals surface area contributed by atoms with Gasteiger partial charge in [0.2, 0.25) is 5.91 Å². The van der Waals surface area contributed by atoms with Crippen molar-refractivity contribution in [1.29, 1.82) is 0 Å². The molecule has 1 aromatic rings. The quantitative estimate of drug-likeness (QED) is 0.829. The van der Waals surface area contributed by atoms with Gasteiger partial charge in [-0.25, -0.2) is 0 Å². The number of carbonyl (C=O) groups excluding carboxylic acids is 1. The Bertz CT molecular complexity index is 320. The lowest BCUT2D eigenvalue weighted by Crippen LogP contribution is -2.34. The van der Waals surface area contributed by atoms with E-state index in [-0.39, 0.29) is 18.0 Å². The number of furan rings is 1. The van der Waals surface area contributed by atoms with Crippen LogP contribution in [0.5, 0.6) is 0 Å². The number of hydrogen-bond acceptors (Lipinski definition) is 3. The average Bonchev–Trinajstić information content (AvgIpc) is 2.69. The predicted octanol–water partition coefficient (Wildman–Crippen LogP) is 1.80. The zero-order chi connectivity index (χ0) is 12.1. The van der Waals surface area contributed by atoms with Crippen LogP contribution in [0.2, 0.25) is 0 Å². The minimum absolute atomic E-state index is 0.138. The molecule has 0 aromatic carbocycles. The summed E-state index contributed by atoms with van der Waals surface area (Å²) in [6.45, 7) is 4.07. The van der Waals surface area contributed by atoms with Crippen molar-refractivity contribution < 1.29 is 9.21 Å². The average molecular weight is 224 g/mol. The van der Waals surface area contributed by atoms with Crippen molar-refractivity contribution in [2.45, 2.75) is 32.4 Å². The van der Waals surface area contributed by atoms with E-state index in [2.05, 4.69) is 12.2 Å². The fraction of sp³-hybridized carbons (Fsp3) is 0.583. The Labute approximate surface area is 96.6 Å². The minimum Gasteiger partial charge on any atom is -0.472 e. The molecule has 1 aromatic heterocycles. The number of hydrogen-bond donors (Lipinski definition) is 1. The second-order valence-electron chi connectivity index (χ2n) is 4.34. The number of rotatable bonds is 5. The molecule has 0 saturated heterocycles. The molecule has 2 unspecified atom stereocenters. The number of nitrogens with zero attached hydrogens (tertiary/aromatic N) is 1. The second-order valence-corrected chi connectivity index (χ2v) is 4.34. The smallest absolute Gasteiger partial charge is 0.223 e. The van der Waals surface area contributed by atoms with Crippen molar-refractivity contribution in [3.05, 3.63) is 24.2 Å². The van der Waals surface area contributed by atoms with Crippen LogP contribution in [-0.4, -0.2) is 30.9 Å². The van der Waals surface area contributed by atoms with Crippen LogP contribution in [-0.2, 0) is 4.79 Å². The zero-order valence-corrected chi connectivity index (χ0v) is 10.4. The lowest BCUT2D eigenvalue weighted by molar-refractivity contribution is -0.129. The van der Waals surface area contributed by atoms with E-state index < -0.39 is 0 Å². The third kappa shape index (κ3) is 3.70. The molecule has 0 saturated carbocycles. The molecule has 1 amide bonds. The molecule has 0 spiro atoms. The highest BCUT2D eigenvalue weighted by Crippen LogP contribution is 2.13. The Kier molecular flexibility index (Phi) is 4.55. The minimum atomic E-state index is 0.138. The van der Waals surface area contributed by atoms with E-state index in [9.17, 15) is 4.79 Å². The van der Waals surface area contributed by atoms with E-state index >= 15 is 0 Å². The second kappa shape index (κ2) is 5.70. The summed E-state index contributed by atoms with van der Waals surface area (Å²) in [5, 5.41) is 3.36. The Hall–Kier alpha value is -1.29. The summed E-state index contributed by atoms with van der Waals surface area (Å²) in [5.41, 5.74) is 1.10. The molecule has 1 N–H and O–H groups in total. The Morgan fingerprint density at radius 2 is 2.19 bits per heavy atom. The summed E-state index contributed by atoms with van der Waals surface area (Å²) in [5.74, 6) is 0.138. The fourth-order valence-corrected chi connectivity index (χ4v) is 1.55. The summed E-state index contributed by atoms with van der Waals surface area (Å²) in [6, 6.07) is 2.28. The molecular formula is C12H20N2O2. The van der Waals surface area contributed by atoms with Gasteiger partial charge in [-0.15, -0.1) is 0 Å². The van der Waals surface area contributed by atoms with E-state index in [4.69, 9.17) is 4.42 Å². The van der Waals surface area contributed by atoms with Gasteiger partial charge in [-0.1, -0.05) is 0 Å². The molecule has 4 heteroatoms. The van der Waals surface area contributed by atoms with Gasteiger partial charge >= 0.3 is 0 Å². The van der Waals surface area contributed by atoms with Crippen LogP contribution < -0.4 is 5.32 Å². The molecule has 2 atom stereocenters. The zero-order valence-electron chi connectivity index (χ0n) is 10.4. The maximum atomic E-state index is 11.5. The number of carbonyl (C=O) groups is 1. The van der Waals surface area contributed by atoms with Crippen molar-refractivity contribution in [2.24, 2.45) is 0 Å². The molecule has 4 nitrogen and oxygen atoms in total. The van der Waals surface area contributed by atoms with Gasteiger partial charge in [0.05, 0.1) is 12.5 Å². The third-order valence-corrected chi connectivity index (χ3v) is 2.56. The lowest BCUT2D eigenvalue weighted by Gasteiger charge is -2.20. The van der Waals surface area contributed by atoms with E-state index in [0.29, 0.717) is 6.42 Å². The maximum Gasteiger partial charge on any atom is 0.223 e. The van der Waals surface area contributed by atoms with Crippen molar-refractivity contribution >= 4 is 5.91 Å². The highest BCUT2D eigenvalue weighted by Gasteiger charge is 2.14. The van der Waals surface area contributed by atoms with Gasteiger partial charge in [-0.05, 0) is 19.9 Å². The van der Waals surface area contributed by atoms with Crippen LogP contribution in [0.15, 0.2) is 23.0 Å². The third-order valence-electron chi connectivity index (χ3n) is 2.56. The van der Waals surface area contributed by atoms with Gasteiger partial charge in [-0.3, -0.25) is 4.79 Å². The summed E-state index contributed by atoms with van der Waals surface area (Å²) < 4.78 is 5.02. The van der Waals surface area contributed by atoms with E-state index in [0.717, 1.165) is 5.56 Å². The molecule has 0 radical (unpaired) electrons. The van der Waals surface area contributed by atoms with Crippen molar-refractivity contribution in [3.8, 4) is 0 Å². The molecule has 1 heterocycles. The molecule has 16 heavy (non-hydrogen) atoms. The van der Waals surface area contributed by atoms with Gasteiger partial charge < -0.3 is 14.6 Å².